The van der Waals surface area contributed by atoms with Gasteiger partial charge < -0.3 is 15.4 Å². The highest BCUT2D eigenvalue weighted by Gasteiger charge is 2.23. The van der Waals surface area contributed by atoms with Crippen molar-refractivity contribution in [1.29, 1.82) is 0 Å². The summed E-state index contributed by atoms with van der Waals surface area (Å²) in [5, 5.41) is 0. The molecular formula is C17H24N2O3. The van der Waals surface area contributed by atoms with Gasteiger partial charge >= 0.3 is 5.97 Å². The Hall–Kier alpha value is -1.88. The highest BCUT2D eigenvalue weighted by Crippen LogP contribution is 2.12. The van der Waals surface area contributed by atoms with Crippen molar-refractivity contribution in [3.63, 3.8) is 0 Å². The van der Waals surface area contributed by atoms with Gasteiger partial charge in [-0.15, -0.1) is 0 Å². The molecule has 2 rings (SSSR count). The molecule has 1 unspecified atom stereocenters. The molecule has 1 atom stereocenters. The molecule has 0 aromatic heterocycles. The van der Waals surface area contributed by atoms with Crippen molar-refractivity contribution in [2.45, 2.75) is 44.8 Å². The average molecular weight is 304 g/mol. The monoisotopic (exact) mass is 304 g/mol. The van der Waals surface area contributed by atoms with Crippen LogP contribution in [0.5, 0.6) is 0 Å². The molecule has 1 fully saturated rings. The third kappa shape index (κ3) is 5.15. The van der Waals surface area contributed by atoms with E-state index in [4.69, 9.17) is 10.5 Å². The van der Waals surface area contributed by atoms with Crippen molar-refractivity contribution in [2.24, 2.45) is 5.73 Å². The predicted octanol–water partition coefficient (Wildman–Crippen LogP) is 1.85. The van der Waals surface area contributed by atoms with Gasteiger partial charge in [-0.25, -0.2) is 0 Å². The van der Waals surface area contributed by atoms with E-state index in [1.807, 2.05) is 30.3 Å². The van der Waals surface area contributed by atoms with Crippen molar-refractivity contribution in [2.75, 3.05) is 13.1 Å². The molecule has 0 radical (unpaired) electrons. The largest absolute Gasteiger partial charge is 0.461 e. The summed E-state index contributed by atoms with van der Waals surface area (Å²) in [6, 6.07) is 9.12. The highest BCUT2D eigenvalue weighted by atomic mass is 16.5. The van der Waals surface area contributed by atoms with E-state index < -0.39 is 6.04 Å². The van der Waals surface area contributed by atoms with Gasteiger partial charge in [-0.3, -0.25) is 9.59 Å². The van der Waals surface area contributed by atoms with E-state index in [1.54, 1.807) is 4.90 Å². The first-order valence-corrected chi connectivity index (χ1v) is 7.91. The number of amides is 1. The summed E-state index contributed by atoms with van der Waals surface area (Å²) >= 11 is 0. The van der Waals surface area contributed by atoms with E-state index in [2.05, 4.69) is 0 Å². The zero-order chi connectivity index (χ0) is 15.8. The Morgan fingerprint density at radius 2 is 2.00 bits per heavy atom. The van der Waals surface area contributed by atoms with Crippen LogP contribution in [0.25, 0.3) is 0 Å². The number of ether oxygens (including phenoxy) is 1. The number of carbonyl (C=O) groups excluding carboxylic acids is 2. The topological polar surface area (TPSA) is 72.6 Å². The van der Waals surface area contributed by atoms with Crippen molar-refractivity contribution >= 4 is 11.9 Å². The molecule has 0 bridgehead atoms. The molecule has 1 amide bonds. The van der Waals surface area contributed by atoms with Gasteiger partial charge in [0.05, 0.1) is 12.5 Å². The van der Waals surface area contributed by atoms with Gasteiger partial charge in [-0.1, -0.05) is 43.2 Å². The average Bonchev–Trinajstić information content (AvgIpc) is 2.54. The molecular weight excluding hydrogens is 280 g/mol. The van der Waals surface area contributed by atoms with Gasteiger partial charge in [0, 0.05) is 13.1 Å². The van der Waals surface area contributed by atoms with Gasteiger partial charge in [0.1, 0.15) is 6.61 Å². The molecule has 1 saturated heterocycles. The molecule has 1 aliphatic rings. The number of nitrogens with two attached hydrogens (primary N) is 1. The Kier molecular flexibility index (Phi) is 6.40. The minimum absolute atomic E-state index is 0.0458. The standard InChI is InChI=1S/C17H24N2O3/c18-15-9-5-2-6-11-19(17(15)21)12-10-16(20)22-13-14-7-3-1-4-8-14/h1,3-4,7-8,15H,2,5-6,9-13,18H2. The van der Waals surface area contributed by atoms with Gasteiger partial charge in [-0.05, 0) is 18.4 Å². The van der Waals surface area contributed by atoms with Gasteiger partial charge in [0.25, 0.3) is 0 Å². The van der Waals surface area contributed by atoms with Crippen LogP contribution < -0.4 is 5.73 Å². The summed E-state index contributed by atoms with van der Waals surface area (Å²) in [6.07, 6.45) is 3.99. The third-order valence-electron chi connectivity index (χ3n) is 3.90. The molecule has 120 valence electrons. The number of likely N-dealkylation sites (tertiary alicyclic amines) is 1. The second-order valence-electron chi connectivity index (χ2n) is 5.68. The maximum absolute atomic E-state index is 12.1. The Bertz CT molecular complexity index is 490. The number of rotatable bonds is 5. The first kappa shape index (κ1) is 16.5. The third-order valence-corrected chi connectivity index (χ3v) is 3.90. The fraction of sp³-hybridized carbons (Fsp3) is 0.529. The van der Waals surface area contributed by atoms with E-state index in [0.29, 0.717) is 13.1 Å². The summed E-state index contributed by atoms with van der Waals surface area (Å²) < 4.78 is 5.23. The lowest BCUT2D eigenvalue weighted by molar-refractivity contribution is -0.146. The molecule has 1 aliphatic heterocycles. The molecule has 0 aliphatic carbocycles. The van der Waals surface area contributed by atoms with E-state index in [1.165, 1.54) is 0 Å². The molecule has 0 spiro atoms. The van der Waals surface area contributed by atoms with Crippen LogP contribution in [0.2, 0.25) is 0 Å². The summed E-state index contributed by atoms with van der Waals surface area (Å²) in [6.45, 7) is 1.34. The summed E-state index contributed by atoms with van der Waals surface area (Å²) in [5.74, 6) is -0.331. The van der Waals surface area contributed by atoms with Crippen LogP contribution >= 0.6 is 0 Å². The van der Waals surface area contributed by atoms with Crippen LogP contribution in [0.3, 0.4) is 0 Å². The maximum atomic E-state index is 12.1. The van der Waals surface area contributed by atoms with Gasteiger partial charge in [0.2, 0.25) is 5.91 Å². The number of nitrogens with zero attached hydrogens (tertiary/aromatic N) is 1. The van der Waals surface area contributed by atoms with E-state index in [9.17, 15) is 9.59 Å². The fourth-order valence-electron chi connectivity index (χ4n) is 2.57. The van der Waals surface area contributed by atoms with Crippen molar-refractivity contribution < 1.29 is 14.3 Å². The normalized spacial score (nSPS) is 19.4. The number of hydrogen-bond donors (Lipinski definition) is 1. The molecule has 0 saturated carbocycles. The SMILES string of the molecule is NC1CCCCCN(CCC(=O)OCc2ccccc2)C1=O. The molecule has 22 heavy (non-hydrogen) atoms. The zero-order valence-electron chi connectivity index (χ0n) is 12.9. The smallest absolute Gasteiger partial charge is 0.307 e. The first-order chi connectivity index (χ1) is 10.7. The molecule has 5 nitrogen and oxygen atoms in total. The zero-order valence-corrected chi connectivity index (χ0v) is 12.9. The highest BCUT2D eigenvalue weighted by molar-refractivity contribution is 5.82. The number of hydrogen-bond acceptors (Lipinski definition) is 4. The van der Waals surface area contributed by atoms with E-state index in [0.717, 1.165) is 31.2 Å². The second kappa shape index (κ2) is 8.54. The van der Waals surface area contributed by atoms with Crippen LogP contribution in [0.4, 0.5) is 0 Å². The van der Waals surface area contributed by atoms with Crippen LogP contribution in [-0.2, 0) is 20.9 Å². The molecule has 1 aromatic rings. The van der Waals surface area contributed by atoms with Gasteiger partial charge in [0.15, 0.2) is 0 Å². The fourth-order valence-corrected chi connectivity index (χ4v) is 2.57. The Labute approximate surface area is 131 Å². The number of esters is 1. The maximum Gasteiger partial charge on any atom is 0.307 e. The molecule has 5 heteroatoms. The van der Waals surface area contributed by atoms with Crippen molar-refractivity contribution in [1.82, 2.24) is 4.90 Å². The molecule has 1 aromatic carbocycles. The van der Waals surface area contributed by atoms with Gasteiger partial charge in [-0.2, -0.15) is 0 Å². The lowest BCUT2D eigenvalue weighted by atomic mass is 10.0. The quantitative estimate of drug-likeness (QED) is 0.843. The first-order valence-electron chi connectivity index (χ1n) is 7.91. The Balaban J connectivity index is 1.75. The lowest BCUT2D eigenvalue weighted by Gasteiger charge is -2.27. The Morgan fingerprint density at radius 1 is 1.23 bits per heavy atom. The minimum Gasteiger partial charge on any atom is -0.461 e. The van der Waals surface area contributed by atoms with E-state index in [-0.39, 0.29) is 24.9 Å². The van der Waals surface area contributed by atoms with Crippen molar-refractivity contribution in [3.8, 4) is 0 Å². The van der Waals surface area contributed by atoms with Crippen LogP contribution in [0.1, 0.15) is 37.7 Å². The number of carbonyl (C=O) groups is 2. The van der Waals surface area contributed by atoms with Crippen LogP contribution in [0.15, 0.2) is 30.3 Å². The van der Waals surface area contributed by atoms with Crippen LogP contribution in [-0.4, -0.2) is 35.9 Å². The molecule has 2 N–H and O–H groups in total. The summed E-state index contributed by atoms with van der Waals surface area (Å²) in [5.41, 5.74) is 6.83. The van der Waals surface area contributed by atoms with Crippen molar-refractivity contribution in [3.05, 3.63) is 35.9 Å². The molecule has 1 heterocycles. The summed E-state index contributed by atoms with van der Waals surface area (Å²) in [7, 11) is 0. The van der Waals surface area contributed by atoms with E-state index >= 15 is 0 Å². The second-order valence-corrected chi connectivity index (χ2v) is 5.68. The predicted molar refractivity (Wildman–Crippen MR) is 83.9 cm³/mol. The lowest BCUT2D eigenvalue weighted by Crippen LogP contribution is -2.46. The Morgan fingerprint density at radius 3 is 2.77 bits per heavy atom. The minimum atomic E-state index is -0.430. The van der Waals surface area contributed by atoms with Crippen LogP contribution in [0, 0.1) is 0 Å². The summed E-state index contributed by atoms with van der Waals surface area (Å²) in [4.78, 5) is 25.7. The number of benzene rings is 1.